The van der Waals surface area contributed by atoms with Crippen LogP contribution in [0.2, 0.25) is 0 Å². The Kier molecular flexibility index (Phi) is 5.53. The third-order valence-electron chi connectivity index (χ3n) is 6.55. The number of aliphatic hydroxyl groups excluding tert-OH is 1. The van der Waals surface area contributed by atoms with Gasteiger partial charge in [-0.25, -0.2) is 0 Å². The van der Waals surface area contributed by atoms with Crippen molar-refractivity contribution in [2.75, 3.05) is 13.4 Å². The van der Waals surface area contributed by atoms with Gasteiger partial charge in [-0.2, -0.15) is 0 Å². The summed E-state index contributed by atoms with van der Waals surface area (Å²) in [7, 11) is 0. The van der Waals surface area contributed by atoms with Crippen LogP contribution in [0.3, 0.4) is 0 Å². The fraction of sp³-hybridized carbons (Fsp3) is 0.500. The molecule has 2 aliphatic heterocycles. The number of carbonyl (C=O) groups is 1. The van der Waals surface area contributed by atoms with Crippen LogP contribution in [0, 0.1) is 5.92 Å². The number of aliphatic carboxylic acids is 1. The molecule has 0 amide bonds. The second kappa shape index (κ2) is 7.78. The van der Waals surface area contributed by atoms with E-state index < -0.39 is 41.0 Å². The molecule has 2 aromatic rings. The molecular formula is C26H32O8. The molecule has 4 N–H and O–H groups in total. The molecule has 4 rings (SSSR count). The summed E-state index contributed by atoms with van der Waals surface area (Å²) in [6.07, 6.45) is 0. The van der Waals surface area contributed by atoms with E-state index in [4.69, 9.17) is 14.2 Å². The number of hydrogen-bond acceptors (Lipinski definition) is 7. The van der Waals surface area contributed by atoms with Crippen LogP contribution in [0.25, 0.3) is 0 Å². The summed E-state index contributed by atoms with van der Waals surface area (Å²) < 4.78 is 16.6. The maximum atomic E-state index is 12.5. The van der Waals surface area contributed by atoms with Gasteiger partial charge in [-0.05, 0) is 33.6 Å². The molecule has 0 fully saturated rings. The molecule has 2 heterocycles. The minimum Gasteiger partial charge on any atom is -0.507 e. The molecule has 2 aliphatic rings. The van der Waals surface area contributed by atoms with Crippen molar-refractivity contribution in [2.45, 2.75) is 64.1 Å². The van der Waals surface area contributed by atoms with Crippen molar-refractivity contribution in [2.24, 2.45) is 5.92 Å². The number of hydrogen-bond donors (Lipinski definition) is 4. The Morgan fingerprint density at radius 2 is 1.50 bits per heavy atom. The van der Waals surface area contributed by atoms with Crippen LogP contribution in [-0.2, 0) is 15.6 Å². The van der Waals surface area contributed by atoms with Crippen molar-refractivity contribution in [1.82, 2.24) is 0 Å². The maximum Gasteiger partial charge on any atom is 0.314 e. The predicted molar refractivity (Wildman–Crippen MR) is 124 cm³/mol. The van der Waals surface area contributed by atoms with Gasteiger partial charge < -0.3 is 34.6 Å². The van der Waals surface area contributed by atoms with Gasteiger partial charge in [0.25, 0.3) is 0 Å². The Labute approximate surface area is 198 Å². The molecule has 0 bridgehead atoms. The van der Waals surface area contributed by atoms with E-state index in [1.165, 1.54) is 0 Å². The standard InChI is InChI=1S/C26H32O8/c1-24(2,3)15-7-13(8-16(22(15)28)25(4,5)6)20-14-9-18-19(33-12-32-18)10-17(14)34-26(31,11-27)21(20)23(29)30/h7-10,20-21,27-28,31H,11-12H2,1-6H3,(H,29,30)/t20-,21+,26+/m1/s1. The van der Waals surface area contributed by atoms with Gasteiger partial charge in [0, 0.05) is 17.5 Å². The number of benzene rings is 2. The monoisotopic (exact) mass is 472 g/mol. The minimum absolute atomic E-state index is 0.0110. The molecule has 8 nitrogen and oxygen atoms in total. The Morgan fingerprint density at radius 3 is 1.97 bits per heavy atom. The van der Waals surface area contributed by atoms with Crippen molar-refractivity contribution in [3.63, 3.8) is 0 Å². The smallest absolute Gasteiger partial charge is 0.314 e. The third-order valence-corrected chi connectivity index (χ3v) is 6.55. The highest BCUT2D eigenvalue weighted by Crippen LogP contribution is 2.53. The normalized spacial score (nSPS) is 23.9. The van der Waals surface area contributed by atoms with Crippen molar-refractivity contribution in [3.05, 3.63) is 46.5 Å². The lowest BCUT2D eigenvalue weighted by molar-refractivity contribution is -0.220. The number of aliphatic hydroxyl groups is 2. The average molecular weight is 473 g/mol. The van der Waals surface area contributed by atoms with Gasteiger partial charge in [0.2, 0.25) is 12.6 Å². The Hall–Kier alpha value is -2.97. The molecular weight excluding hydrogens is 440 g/mol. The number of aromatic hydroxyl groups is 1. The van der Waals surface area contributed by atoms with E-state index in [1.807, 2.05) is 41.5 Å². The number of rotatable bonds is 3. The number of fused-ring (bicyclic) bond motifs is 2. The highest BCUT2D eigenvalue weighted by Gasteiger charge is 2.54. The summed E-state index contributed by atoms with van der Waals surface area (Å²) in [5.74, 6) is -4.94. The van der Waals surface area contributed by atoms with Crippen LogP contribution >= 0.6 is 0 Å². The summed E-state index contributed by atoms with van der Waals surface area (Å²) in [6.45, 7) is 10.9. The second-order valence-electron chi connectivity index (χ2n) is 11.1. The number of carboxylic acid groups (broad SMARTS) is 1. The molecule has 0 spiro atoms. The van der Waals surface area contributed by atoms with Crippen LogP contribution in [0.15, 0.2) is 24.3 Å². The van der Waals surface area contributed by atoms with Gasteiger partial charge in [0.05, 0.1) is 0 Å². The topological polar surface area (TPSA) is 126 Å². The maximum absolute atomic E-state index is 12.5. The summed E-state index contributed by atoms with van der Waals surface area (Å²) in [4.78, 5) is 12.5. The summed E-state index contributed by atoms with van der Waals surface area (Å²) in [5, 5.41) is 42.6. The Morgan fingerprint density at radius 1 is 0.971 bits per heavy atom. The third kappa shape index (κ3) is 3.84. The van der Waals surface area contributed by atoms with Gasteiger partial charge in [-0.1, -0.05) is 53.7 Å². The van der Waals surface area contributed by atoms with Crippen molar-refractivity contribution in [3.8, 4) is 23.0 Å². The van der Waals surface area contributed by atoms with Gasteiger partial charge >= 0.3 is 5.97 Å². The first kappa shape index (κ1) is 24.2. The highest BCUT2D eigenvalue weighted by atomic mass is 16.7. The molecule has 2 aromatic carbocycles. The second-order valence-corrected chi connectivity index (χ2v) is 11.1. The van der Waals surface area contributed by atoms with E-state index in [1.54, 1.807) is 24.3 Å². The van der Waals surface area contributed by atoms with Crippen LogP contribution in [0.1, 0.15) is 69.7 Å². The zero-order valence-corrected chi connectivity index (χ0v) is 20.3. The van der Waals surface area contributed by atoms with E-state index in [0.717, 1.165) is 0 Å². The molecule has 0 radical (unpaired) electrons. The Bertz CT molecular complexity index is 1110. The van der Waals surface area contributed by atoms with E-state index in [-0.39, 0.29) is 18.3 Å². The minimum atomic E-state index is -2.38. The summed E-state index contributed by atoms with van der Waals surface area (Å²) >= 11 is 0. The summed E-state index contributed by atoms with van der Waals surface area (Å²) in [5.41, 5.74) is 1.47. The molecule has 0 saturated heterocycles. The van der Waals surface area contributed by atoms with E-state index in [0.29, 0.717) is 33.8 Å². The van der Waals surface area contributed by atoms with Gasteiger partial charge in [0.15, 0.2) is 11.5 Å². The molecule has 0 aliphatic carbocycles. The average Bonchev–Trinajstić information content (AvgIpc) is 3.17. The lowest BCUT2D eigenvalue weighted by Crippen LogP contribution is -2.55. The number of phenols is 1. The highest BCUT2D eigenvalue weighted by molar-refractivity contribution is 5.76. The lowest BCUT2D eigenvalue weighted by Gasteiger charge is -2.43. The quantitative estimate of drug-likeness (QED) is 0.534. The zero-order chi connectivity index (χ0) is 25.2. The fourth-order valence-electron chi connectivity index (χ4n) is 4.78. The molecule has 0 unspecified atom stereocenters. The molecule has 34 heavy (non-hydrogen) atoms. The number of ether oxygens (including phenoxy) is 3. The first-order chi connectivity index (χ1) is 15.7. The molecule has 3 atom stereocenters. The zero-order valence-electron chi connectivity index (χ0n) is 20.3. The van der Waals surface area contributed by atoms with E-state index in [9.17, 15) is 25.2 Å². The Balaban J connectivity index is 2.06. The van der Waals surface area contributed by atoms with Crippen molar-refractivity contribution < 1.29 is 39.4 Å². The molecule has 0 saturated carbocycles. The van der Waals surface area contributed by atoms with E-state index >= 15 is 0 Å². The lowest BCUT2D eigenvalue weighted by atomic mass is 9.70. The van der Waals surface area contributed by atoms with Gasteiger partial charge in [-0.3, -0.25) is 4.79 Å². The fourth-order valence-corrected chi connectivity index (χ4v) is 4.78. The molecule has 0 aromatic heterocycles. The van der Waals surface area contributed by atoms with Crippen LogP contribution in [-0.4, -0.2) is 45.6 Å². The van der Waals surface area contributed by atoms with E-state index in [2.05, 4.69) is 0 Å². The van der Waals surface area contributed by atoms with Crippen LogP contribution in [0.5, 0.6) is 23.0 Å². The summed E-state index contributed by atoms with van der Waals surface area (Å²) in [6, 6.07) is 6.76. The van der Waals surface area contributed by atoms with Crippen molar-refractivity contribution >= 4 is 5.97 Å². The first-order valence-electron chi connectivity index (χ1n) is 11.2. The molecule has 8 heteroatoms. The number of phenolic OH excluding ortho intramolecular Hbond substituents is 1. The van der Waals surface area contributed by atoms with Crippen LogP contribution < -0.4 is 14.2 Å². The van der Waals surface area contributed by atoms with Crippen LogP contribution in [0.4, 0.5) is 0 Å². The first-order valence-corrected chi connectivity index (χ1v) is 11.2. The number of carboxylic acids is 1. The predicted octanol–water partition coefficient (Wildman–Crippen LogP) is 3.62. The van der Waals surface area contributed by atoms with Crippen molar-refractivity contribution in [1.29, 1.82) is 0 Å². The van der Waals surface area contributed by atoms with Gasteiger partial charge in [0.1, 0.15) is 24.0 Å². The largest absolute Gasteiger partial charge is 0.507 e. The van der Waals surface area contributed by atoms with Gasteiger partial charge in [-0.15, -0.1) is 0 Å². The molecule has 184 valence electrons. The SMILES string of the molecule is CC(C)(C)c1cc([C@@H]2c3cc4c(cc3O[C@@](O)(CO)[C@@H]2C(=O)O)OCO4)cc(C(C)(C)C)c1O.